The van der Waals surface area contributed by atoms with Crippen LogP contribution in [0, 0.1) is 13.8 Å². The average molecular weight is 381 g/mol. The maximum Gasteiger partial charge on any atom is 0.256 e. The van der Waals surface area contributed by atoms with E-state index in [9.17, 15) is 4.79 Å². The molecule has 0 unspecified atom stereocenters. The monoisotopic (exact) mass is 380 g/mol. The molecular weight excluding hydrogens is 364 g/mol. The van der Waals surface area contributed by atoms with Gasteiger partial charge in [0.05, 0.1) is 33.6 Å². The molecule has 0 saturated heterocycles. The summed E-state index contributed by atoms with van der Waals surface area (Å²) in [5, 5.41) is 12.8. The quantitative estimate of drug-likeness (QED) is 0.588. The molecule has 1 aromatic carbocycles. The first-order valence-corrected chi connectivity index (χ1v) is 8.73. The lowest BCUT2D eigenvalue weighted by Crippen LogP contribution is -2.13. The van der Waals surface area contributed by atoms with Crippen molar-refractivity contribution in [3.8, 4) is 5.69 Å². The van der Waals surface area contributed by atoms with Gasteiger partial charge in [-0.1, -0.05) is 11.6 Å². The molecule has 0 aliphatic carbocycles. The van der Waals surface area contributed by atoms with Crippen molar-refractivity contribution in [1.82, 2.24) is 24.5 Å². The molecule has 1 N–H and O–H groups in total. The van der Waals surface area contributed by atoms with Crippen molar-refractivity contribution in [3.63, 3.8) is 0 Å². The van der Waals surface area contributed by atoms with Crippen LogP contribution in [0.2, 0.25) is 5.02 Å². The van der Waals surface area contributed by atoms with E-state index >= 15 is 0 Å². The highest BCUT2D eigenvalue weighted by atomic mass is 35.5. The van der Waals surface area contributed by atoms with E-state index in [-0.39, 0.29) is 5.91 Å². The second-order valence-electron chi connectivity index (χ2n) is 6.32. The van der Waals surface area contributed by atoms with E-state index in [1.165, 1.54) is 0 Å². The van der Waals surface area contributed by atoms with Crippen molar-refractivity contribution in [1.29, 1.82) is 0 Å². The van der Waals surface area contributed by atoms with Crippen molar-refractivity contribution in [2.24, 2.45) is 7.05 Å². The number of hydrogen-bond donors (Lipinski definition) is 1. The van der Waals surface area contributed by atoms with E-state index in [0.29, 0.717) is 21.9 Å². The molecule has 1 amide bonds. The van der Waals surface area contributed by atoms with Gasteiger partial charge >= 0.3 is 0 Å². The maximum absolute atomic E-state index is 12.9. The Bertz CT molecular complexity index is 1160. The highest BCUT2D eigenvalue weighted by Gasteiger charge is 2.17. The highest BCUT2D eigenvalue weighted by molar-refractivity contribution is 6.30. The number of rotatable bonds is 3. The SMILES string of the molecule is Cc1cc(C(=O)Nc2ccc(-n3cc(Cl)cn3)cc2)c2c(C)nn(C)c2n1. The standard InChI is InChI=1S/C19H17ClN6O/c1-11-8-16(17-12(2)24-25(3)18(17)22-11)19(27)23-14-4-6-15(7-5-14)26-10-13(20)9-21-26/h4-10H,1-3H3,(H,23,27). The lowest BCUT2D eigenvalue weighted by molar-refractivity contribution is 0.102. The zero-order valence-electron chi connectivity index (χ0n) is 15.1. The van der Waals surface area contributed by atoms with Crippen LogP contribution in [-0.4, -0.2) is 30.5 Å². The van der Waals surface area contributed by atoms with Crippen LogP contribution in [0.5, 0.6) is 0 Å². The predicted molar refractivity (Wildman–Crippen MR) is 105 cm³/mol. The number of benzene rings is 1. The summed E-state index contributed by atoms with van der Waals surface area (Å²) in [6.45, 7) is 3.74. The normalized spacial score (nSPS) is 11.1. The van der Waals surface area contributed by atoms with Gasteiger partial charge in [0.15, 0.2) is 5.65 Å². The number of halogens is 1. The molecule has 3 heterocycles. The van der Waals surface area contributed by atoms with Crippen LogP contribution < -0.4 is 5.32 Å². The summed E-state index contributed by atoms with van der Waals surface area (Å²) in [6.07, 6.45) is 3.29. The van der Waals surface area contributed by atoms with Crippen LogP contribution in [0.25, 0.3) is 16.7 Å². The molecule has 27 heavy (non-hydrogen) atoms. The number of nitrogens with one attached hydrogen (secondary N) is 1. The van der Waals surface area contributed by atoms with Crippen LogP contribution in [0.15, 0.2) is 42.7 Å². The number of carbonyl (C=O) groups excluding carboxylic acids is 1. The number of fused-ring (bicyclic) bond motifs is 1. The van der Waals surface area contributed by atoms with Crippen molar-refractivity contribution in [2.75, 3.05) is 5.32 Å². The molecule has 0 aliphatic rings. The molecule has 4 aromatic rings. The lowest BCUT2D eigenvalue weighted by Gasteiger charge is -2.09. The van der Waals surface area contributed by atoms with Gasteiger partial charge in [-0.2, -0.15) is 10.2 Å². The van der Waals surface area contributed by atoms with Crippen LogP contribution in [0.3, 0.4) is 0 Å². The summed E-state index contributed by atoms with van der Waals surface area (Å²) in [6, 6.07) is 9.16. The van der Waals surface area contributed by atoms with Gasteiger partial charge in [0, 0.05) is 24.6 Å². The molecule has 0 bridgehead atoms. The third kappa shape index (κ3) is 3.17. The fourth-order valence-electron chi connectivity index (χ4n) is 3.09. The topological polar surface area (TPSA) is 77.6 Å². The van der Waals surface area contributed by atoms with E-state index in [2.05, 4.69) is 20.5 Å². The summed E-state index contributed by atoms with van der Waals surface area (Å²) < 4.78 is 3.36. The number of hydrogen-bond acceptors (Lipinski definition) is 4. The van der Waals surface area contributed by atoms with Gasteiger partial charge in [0.1, 0.15) is 0 Å². The van der Waals surface area contributed by atoms with Crippen molar-refractivity contribution < 1.29 is 4.79 Å². The second-order valence-corrected chi connectivity index (χ2v) is 6.76. The molecule has 4 rings (SSSR count). The van der Waals surface area contributed by atoms with Gasteiger partial charge in [0.25, 0.3) is 5.91 Å². The molecule has 0 aliphatic heterocycles. The molecule has 7 nitrogen and oxygen atoms in total. The Labute approximate surface area is 160 Å². The Kier molecular flexibility index (Phi) is 4.16. The number of anilines is 1. The first kappa shape index (κ1) is 17.2. The molecule has 8 heteroatoms. The van der Waals surface area contributed by atoms with Gasteiger partial charge in [0.2, 0.25) is 0 Å². The van der Waals surface area contributed by atoms with E-state index in [1.54, 1.807) is 27.8 Å². The Hall–Kier alpha value is -3.19. The van der Waals surface area contributed by atoms with Gasteiger partial charge in [-0.25, -0.2) is 9.67 Å². The van der Waals surface area contributed by atoms with E-state index in [4.69, 9.17) is 11.6 Å². The third-order valence-electron chi connectivity index (χ3n) is 4.28. The second kappa shape index (κ2) is 6.51. The van der Waals surface area contributed by atoms with Crippen molar-refractivity contribution in [2.45, 2.75) is 13.8 Å². The zero-order chi connectivity index (χ0) is 19.1. The zero-order valence-corrected chi connectivity index (χ0v) is 15.8. The van der Waals surface area contributed by atoms with Gasteiger partial charge in [-0.15, -0.1) is 0 Å². The Morgan fingerprint density at radius 2 is 1.93 bits per heavy atom. The number of amides is 1. The van der Waals surface area contributed by atoms with Gasteiger partial charge < -0.3 is 5.32 Å². The first-order chi connectivity index (χ1) is 12.9. The minimum Gasteiger partial charge on any atom is -0.322 e. The number of pyridine rings is 1. The Morgan fingerprint density at radius 3 is 2.59 bits per heavy atom. The van der Waals surface area contributed by atoms with Crippen molar-refractivity contribution >= 4 is 34.2 Å². The fraction of sp³-hybridized carbons (Fsp3) is 0.158. The largest absolute Gasteiger partial charge is 0.322 e. The van der Waals surface area contributed by atoms with Crippen LogP contribution in [-0.2, 0) is 7.05 Å². The Morgan fingerprint density at radius 1 is 1.19 bits per heavy atom. The Balaban J connectivity index is 1.64. The number of nitrogens with zero attached hydrogens (tertiary/aromatic N) is 5. The highest BCUT2D eigenvalue weighted by Crippen LogP contribution is 2.23. The minimum absolute atomic E-state index is 0.198. The molecule has 0 fully saturated rings. The first-order valence-electron chi connectivity index (χ1n) is 8.35. The third-order valence-corrected chi connectivity index (χ3v) is 4.48. The van der Waals surface area contributed by atoms with E-state index < -0.39 is 0 Å². The van der Waals surface area contributed by atoms with Gasteiger partial charge in [-0.3, -0.25) is 9.48 Å². The van der Waals surface area contributed by atoms with Crippen LogP contribution in [0.1, 0.15) is 21.7 Å². The molecule has 0 radical (unpaired) electrons. The predicted octanol–water partition coefficient (Wildman–Crippen LogP) is 3.68. The van der Waals surface area contributed by atoms with Crippen LogP contribution >= 0.6 is 11.6 Å². The molecule has 136 valence electrons. The van der Waals surface area contributed by atoms with Crippen molar-refractivity contribution in [3.05, 3.63) is 64.7 Å². The van der Waals surface area contributed by atoms with E-state index in [0.717, 1.165) is 22.5 Å². The summed E-state index contributed by atoms with van der Waals surface area (Å²) in [4.78, 5) is 17.4. The smallest absolute Gasteiger partial charge is 0.256 e. The molecular formula is C19H17ClN6O. The molecule has 0 atom stereocenters. The number of aromatic nitrogens is 5. The van der Waals surface area contributed by atoms with Crippen LogP contribution in [0.4, 0.5) is 5.69 Å². The van der Waals surface area contributed by atoms with E-state index in [1.807, 2.05) is 45.2 Å². The summed E-state index contributed by atoms with van der Waals surface area (Å²) in [5.41, 5.74) is 4.34. The summed E-state index contributed by atoms with van der Waals surface area (Å²) in [5.74, 6) is -0.198. The lowest BCUT2D eigenvalue weighted by atomic mass is 10.1. The summed E-state index contributed by atoms with van der Waals surface area (Å²) >= 11 is 5.90. The molecule has 0 spiro atoms. The number of carbonyl (C=O) groups is 1. The molecule has 3 aromatic heterocycles. The average Bonchev–Trinajstić information content (AvgIpc) is 3.18. The maximum atomic E-state index is 12.9. The number of aryl methyl sites for hydroxylation is 3. The molecule has 0 saturated carbocycles. The minimum atomic E-state index is -0.198. The summed E-state index contributed by atoms with van der Waals surface area (Å²) in [7, 11) is 1.82. The van der Waals surface area contributed by atoms with Gasteiger partial charge in [-0.05, 0) is 44.2 Å². The fourth-order valence-corrected chi connectivity index (χ4v) is 3.22.